The van der Waals surface area contributed by atoms with Crippen LogP contribution in [-0.2, 0) is 9.36 Å². The molecule has 0 aliphatic rings. The first kappa shape index (κ1) is 17.5. The summed E-state index contributed by atoms with van der Waals surface area (Å²) in [6.45, 7) is 1.30. The van der Waals surface area contributed by atoms with E-state index in [1.165, 1.54) is 18.7 Å². The predicted octanol–water partition coefficient (Wildman–Crippen LogP) is -1.77. The van der Waals surface area contributed by atoms with Gasteiger partial charge in [0.2, 0.25) is 13.3 Å². The highest BCUT2D eigenvalue weighted by Gasteiger charge is 2.17. The molecule has 0 saturated carbocycles. The first-order valence-corrected chi connectivity index (χ1v) is 7.87. The van der Waals surface area contributed by atoms with Gasteiger partial charge < -0.3 is 21.5 Å². The van der Waals surface area contributed by atoms with Crippen molar-refractivity contribution in [2.45, 2.75) is 25.0 Å². The fraction of sp³-hybridized carbons (Fsp3) is 0.889. The van der Waals surface area contributed by atoms with Crippen molar-refractivity contribution in [3.8, 4) is 0 Å². The molecule has 7 N–H and O–H groups in total. The lowest BCUT2D eigenvalue weighted by molar-refractivity contribution is -0.125. The molecule has 3 atom stereocenters. The van der Waals surface area contributed by atoms with Gasteiger partial charge >= 0.3 is 0 Å². The number of carbonyl (C=O) groups excluding carboxylic acids is 1. The van der Waals surface area contributed by atoms with Gasteiger partial charge in [-0.3, -0.25) is 14.8 Å². The fourth-order valence-corrected chi connectivity index (χ4v) is 2.31. The van der Waals surface area contributed by atoms with Gasteiger partial charge in [-0.15, -0.1) is 0 Å². The van der Waals surface area contributed by atoms with Crippen molar-refractivity contribution in [2.24, 2.45) is 11.5 Å². The zero-order chi connectivity index (χ0) is 14.3. The van der Waals surface area contributed by atoms with Crippen LogP contribution in [0.2, 0.25) is 0 Å². The maximum Gasteiger partial charge on any atom is 0.235 e. The van der Waals surface area contributed by atoms with Crippen LogP contribution in [0.3, 0.4) is 0 Å². The van der Waals surface area contributed by atoms with Crippen molar-refractivity contribution in [3.05, 3.63) is 0 Å². The highest BCUT2D eigenvalue weighted by Crippen LogP contribution is 2.34. The molecule has 18 heavy (non-hydrogen) atoms. The van der Waals surface area contributed by atoms with Gasteiger partial charge in [0.1, 0.15) is 0 Å². The van der Waals surface area contributed by atoms with Gasteiger partial charge in [-0.05, 0) is 6.42 Å². The topological polar surface area (TPSA) is 142 Å². The molecule has 0 aromatic carbocycles. The Labute approximate surface area is 107 Å². The number of hydrogen-bond donors (Lipinski definition) is 5. The maximum absolute atomic E-state index is 11.5. The minimum atomic E-state index is -3.22. The molecule has 9 heteroatoms. The number of rotatable bonds is 8. The van der Waals surface area contributed by atoms with Crippen LogP contribution in [0.4, 0.5) is 0 Å². The van der Waals surface area contributed by atoms with Gasteiger partial charge in [0, 0.05) is 32.7 Å². The number of hydrogen-bond acceptors (Lipinski definition) is 6. The summed E-state index contributed by atoms with van der Waals surface area (Å²) >= 11 is 0. The molecule has 0 spiro atoms. The summed E-state index contributed by atoms with van der Waals surface area (Å²) < 4.78 is 11.1. The van der Waals surface area contributed by atoms with E-state index in [0.717, 1.165) is 0 Å². The second-order valence-electron chi connectivity index (χ2n) is 4.51. The molecule has 0 heterocycles. The van der Waals surface area contributed by atoms with E-state index in [-0.39, 0.29) is 31.6 Å². The van der Waals surface area contributed by atoms with Crippen LogP contribution >= 0.6 is 7.37 Å². The third kappa shape index (κ3) is 9.52. The molecule has 0 aromatic rings. The Morgan fingerprint density at radius 2 is 2.11 bits per heavy atom. The Hall–Kier alpha value is -0.500. The lowest BCUT2D eigenvalue weighted by atomic mass is 10.1. The number of carbonyl (C=O) groups is 1. The van der Waals surface area contributed by atoms with Gasteiger partial charge in [0.25, 0.3) is 0 Å². The maximum atomic E-state index is 11.5. The zero-order valence-electron chi connectivity index (χ0n) is 10.7. The second-order valence-corrected chi connectivity index (χ2v) is 6.90. The molecule has 0 rings (SSSR count). The molecule has 1 amide bonds. The molecule has 0 radical (unpaired) electrons. The predicted molar refractivity (Wildman–Crippen MR) is 68.8 cm³/mol. The van der Waals surface area contributed by atoms with Crippen LogP contribution in [-0.4, -0.2) is 59.6 Å². The van der Waals surface area contributed by atoms with Gasteiger partial charge in [-0.2, -0.15) is 0 Å². The van der Waals surface area contributed by atoms with E-state index in [0.29, 0.717) is 0 Å². The van der Waals surface area contributed by atoms with Gasteiger partial charge in [0.15, 0.2) is 0 Å². The number of nitrogens with one attached hydrogen (secondary N) is 1. The van der Waals surface area contributed by atoms with Crippen molar-refractivity contribution in [1.82, 2.24) is 10.4 Å². The van der Waals surface area contributed by atoms with E-state index in [1.54, 1.807) is 0 Å². The van der Waals surface area contributed by atoms with Crippen LogP contribution in [0, 0.1) is 0 Å². The molecule has 0 aromatic heterocycles. The molecule has 0 aliphatic heterocycles. The third-order valence-corrected chi connectivity index (χ3v) is 3.03. The number of nitrogens with two attached hydrogens (primary N) is 2. The number of aliphatic hydroxyl groups excluding tert-OH is 1. The normalized spacial score (nSPS) is 18.2. The number of nitrogens with zero attached hydrogens (tertiary/aromatic N) is 1. The van der Waals surface area contributed by atoms with E-state index in [9.17, 15) is 14.5 Å². The van der Waals surface area contributed by atoms with Crippen LogP contribution in [0.5, 0.6) is 0 Å². The van der Waals surface area contributed by atoms with Crippen molar-refractivity contribution in [1.29, 1.82) is 0 Å². The van der Waals surface area contributed by atoms with E-state index in [1.807, 2.05) is 0 Å². The number of amides is 1. The molecule has 0 fully saturated rings. The smallest absolute Gasteiger partial charge is 0.235 e. The number of hydrazine groups is 1. The van der Waals surface area contributed by atoms with Crippen molar-refractivity contribution < 1.29 is 19.4 Å². The molecule has 0 bridgehead atoms. The molecule has 0 saturated heterocycles. The van der Waals surface area contributed by atoms with E-state index in [2.05, 4.69) is 5.43 Å². The van der Waals surface area contributed by atoms with E-state index in [4.69, 9.17) is 16.4 Å². The number of aliphatic hydroxyl groups is 1. The molecule has 108 valence electrons. The Balaban J connectivity index is 4.00. The second kappa shape index (κ2) is 7.83. The van der Waals surface area contributed by atoms with Crippen LogP contribution < -0.4 is 16.9 Å². The first-order valence-electron chi connectivity index (χ1n) is 5.57. The van der Waals surface area contributed by atoms with Gasteiger partial charge in [0.05, 0.1) is 12.4 Å². The van der Waals surface area contributed by atoms with Crippen molar-refractivity contribution in [2.75, 3.05) is 26.5 Å². The minimum Gasteiger partial charge on any atom is -0.392 e. The van der Waals surface area contributed by atoms with Crippen LogP contribution in [0.25, 0.3) is 0 Å². The summed E-state index contributed by atoms with van der Waals surface area (Å²) in [5.74, 6) is -0.373. The highest BCUT2D eigenvalue weighted by molar-refractivity contribution is 7.57. The molecule has 1 unspecified atom stereocenters. The summed E-state index contributed by atoms with van der Waals surface area (Å²) in [5, 5.41) is 10.5. The average Bonchev–Trinajstić information content (AvgIpc) is 2.12. The molecular weight excluding hydrogens is 259 g/mol. The summed E-state index contributed by atoms with van der Waals surface area (Å²) in [5.41, 5.74) is 13.3. The standard InChI is InChI=1S/C9H23N4O4P/c1-13(6-18(2,16)17)12-9(15)4-7(11)3-8(14)5-10/h7-8,14H,3-6,10-11H2,1-2H3,(H,12,15)(H,16,17)/t7-,8-/m1/s1. The zero-order valence-corrected chi connectivity index (χ0v) is 11.6. The summed E-state index contributed by atoms with van der Waals surface area (Å²) in [6.07, 6.45) is -0.612. The van der Waals surface area contributed by atoms with E-state index < -0.39 is 19.5 Å². The largest absolute Gasteiger partial charge is 0.392 e. The third-order valence-electron chi connectivity index (χ3n) is 2.08. The van der Waals surface area contributed by atoms with Gasteiger partial charge in [-0.1, -0.05) is 0 Å². The van der Waals surface area contributed by atoms with E-state index >= 15 is 0 Å². The van der Waals surface area contributed by atoms with Gasteiger partial charge in [-0.25, -0.2) is 5.01 Å². The summed E-state index contributed by atoms with van der Waals surface area (Å²) in [6, 6.07) is -0.500. The molecule has 8 nitrogen and oxygen atoms in total. The Morgan fingerprint density at radius 3 is 2.56 bits per heavy atom. The Bertz CT molecular complexity index is 309. The monoisotopic (exact) mass is 282 g/mol. The summed E-state index contributed by atoms with van der Waals surface area (Å²) in [7, 11) is -1.73. The quantitative estimate of drug-likeness (QED) is 0.262. The summed E-state index contributed by atoms with van der Waals surface area (Å²) in [4.78, 5) is 20.6. The first-order chi connectivity index (χ1) is 8.14. The van der Waals surface area contributed by atoms with Crippen molar-refractivity contribution in [3.63, 3.8) is 0 Å². The van der Waals surface area contributed by atoms with Crippen molar-refractivity contribution >= 4 is 13.3 Å². The van der Waals surface area contributed by atoms with Crippen LogP contribution in [0.1, 0.15) is 12.8 Å². The SMILES string of the molecule is CN(CP(C)(=O)O)NC(=O)C[C@H](N)C[C@@H](O)CN. The van der Waals surface area contributed by atoms with Crippen LogP contribution in [0.15, 0.2) is 0 Å². The average molecular weight is 282 g/mol. The Kier molecular flexibility index (Phi) is 7.61. The highest BCUT2D eigenvalue weighted by atomic mass is 31.2. The lowest BCUT2D eigenvalue weighted by Crippen LogP contribution is -2.43. The Morgan fingerprint density at radius 1 is 1.56 bits per heavy atom. The fourth-order valence-electron chi connectivity index (χ4n) is 1.45. The minimum absolute atomic E-state index is 0.0147. The lowest BCUT2D eigenvalue weighted by Gasteiger charge is -2.21. The molecule has 0 aliphatic carbocycles. The molecular formula is C9H23N4O4P.